The summed E-state index contributed by atoms with van der Waals surface area (Å²) in [5.74, 6) is -0.287. The van der Waals surface area contributed by atoms with Crippen molar-refractivity contribution in [2.75, 3.05) is 0 Å². The summed E-state index contributed by atoms with van der Waals surface area (Å²) in [7, 11) is 0. The van der Waals surface area contributed by atoms with E-state index >= 15 is 0 Å². The van der Waals surface area contributed by atoms with Crippen LogP contribution in [-0.4, -0.2) is 16.0 Å². The Balaban J connectivity index is 0.000000606. The average molecular weight is 219 g/mol. The quantitative estimate of drug-likeness (QED) is 0.788. The van der Waals surface area contributed by atoms with Gasteiger partial charge in [-0.3, -0.25) is 9.89 Å². The van der Waals surface area contributed by atoms with Gasteiger partial charge in [0.05, 0.1) is 23.7 Å². The van der Waals surface area contributed by atoms with E-state index in [9.17, 15) is 4.79 Å². The minimum absolute atomic E-state index is 0.0639. The van der Waals surface area contributed by atoms with E-state index in [1.165, 1.54) is 0 Å². The Morgan fingerprint density at radius 3 is 2.94 bits per heavy atom. The number of rotatable bonds is 1. The summed E-state index contributed by atoms with van der Waals surface area (Å²) in [6.07, 6.45) is 3.13. The fraction of sp³-hybridized carbons (Fsp3) is 0.583. The smallest absolute Gasteiger partial charge is 0.170 e. The van der Waals surface area contributed by atoms with Crippen LogP contribution in [0.4, 0.5) is 0 Å². The van der Waals surface area contributed by atoms with E-state index in [4.69, 9.17) is 5.26 Å². The molecule has 4 heteroatoms. The number of nitriles is 1. The van der Waals surface area contributed by atoms with E-state index in [1.807, 2.05) is 13.8 Å². The predicted octanol–water partition coefficient (Wildman–Crippen LogP) is 2.34. The Hall–Kier alpha value is -1.63. The molecule has 0 aromatic carbocycles. The Bertz CT molecular complexity index is 403. The Morgan fingerprint density at radius 2 is 2.31 bits per heavy atom. The van der Waals surface area contributed by atoms with Crippen molar-refractivity contribution in [2.45, 2.75) is 33.6 Å². The number of aryl methyl sites for hydroxylation is 1. The first-order valence-electron chi connectivity index (χ1n) is 5.70. The number of aromatic amines is 1. The molecule has 1 aliphatic rings. The van der Waals surface area contributed by atoms with Gasteiger partial charge in [-0.05, 0) is 19.8 Å². The third-order valence-corrected chi connectivity index (χ3v) is 2.83. The van der Waals surface area contributed by atoms with Gasteiger partial charge in [-0.2, -0.15) is 10.4 Å². The molecule has 0 saturated heterocycles. The maximum Gasteiger partial charge on any atom is 0.170 e. The number of ketones is 1. The first-order chi connectivity index (χ1) is 7.74. The lowest BCUT2D eigenvalue weighted by atomic mass is 9.79. The second-order valence-corrected chi connectivity index (χ2v) is 3.69. The zero-order valence-electron chi connectivity index (χ0n) is 9.95. The summed E-state index contributed by atoms with van der Waals surface area (Å²) in [5.41, 5.74) is 1.58. The number of Topliss-reactive ketones (excluding diaryl/α,β-unsaturated/α-hetero) is 1. The van der Waals surface area contributed by atoms with E-state index < -0.39 is 0 Å². The molecule has 0 spiro atoms. The number of carbonyl (C=O) groups is 1. The SMILES string of the molecule is CC.CC(C#N)C1CCc2[nH]ncc2C1=O. The first-order valence-corrected chi connectivity index (χ1v) is 5.70. The number of hydrogen-bond donors (Lipinski definition) is 1. The van der Waals surface area contributed by atoms with E-state index in [0.717, 1.165) is 18.5 Å². The van der Waals surface area contributed by atoms with Crippen LogP contribution in [0.25, 0.3) is 0 Å². The molecule has 0 bridgehead atoms. The second-order valence-electron chi connectivity index (χ2n) is 3.69. The van der Waals surface area contributed by atoms with Gasteiger partial charge in [0.25, 0.3) is 0 Å². The fourth-order valence-corrected chi connectivity index (χ4v) is 1.91. The van der Waals surface area contributed by atoms with Crippen molar-refractivity contribution in [3.63, 3.8) is 0 Å². The van der Waals surface area contributed by atoms with Gasteiger partial charge in [-0.1, -0.05) is 13.8 Å². The third kappa shape index (κ3) is 2.13. The molecule has 4 nitrogen and oxygen atoms in total. The highest BCUT2D eigenvalue weighted by Gasteiger charge is 2.32. The molecule has 1 aromatic rings. The monoisotopic (exact) mass is 219 g/mol. The number of carbonyl (C=O) groups excluding carboxylic acids is 1. The van der Waals surface area contributed by atoms with Crippen LogP contribution in [-0.2, 0) is 6.42 Å². The van der Waals surface area contributed by atoms with Crippen LogP contribution >= 0.6 is 0 Å². The summed E-state index contributed by atoms with van der Waals surface area (Å²) in [6.45, 7) is 5.80. The molecule has 2 unspecified atom stereocenters. The lowest BCUT2D eigenvalue weighted by Crippen LogP contribution is -2.26. The largest absolute Gasteiger partial charge is 0.294 e. The molecule has 0 amide bonds. The lowest BCUT2D eigenvalue weighted by molar-refractivity contribution is 0.0876. The van der Waals surface area contributed by atoms with Gasteiger partial charge in [0.1, 0.15) is 0 Å². The van der Waals surface area contributed by atoms with E-state index in [2.05, 4.69) is 16.3 Å². The van der Waals surface area contributed by atoms with Crippen LogP contribution in [0.1, 0.15) is 43.2 Å². The maximum absolute atomic E-state index is 11.9. The zero-order chi connectivity index (χ0) is 12.1. The highest BCUT2D eigenvalue weighted by atomic mass is 16.1. The van der Waals surface area contributed by atoms with Crippen molar-refractivity contribution in [3.8, 4) is 6.07 Å². The van der Waals surface area contributed by atoms with Gasteiger partial charge in [-0.15, -0.1) is 0 Å². The minimum atomic E-state index is -0.203. The molecular formula is C12H17N3O. The van der Waals surface area contributed by atoms with Gasteiger partial charge >= 0.3 is 0 Å². The van der Waals surface area contributed by atoms with Crippen LogP contribution in [0.5, 0.6) is 0 Å². The van der Waals surface area contributed by atoms with Crippen molar-refractivity contribution in [1.82, 2.24) is 10.2 Å². The van der Waals surface area contributed by atoms with Crippen LogP contribution in [0.3, 0.4) is 0 Å². The highest BCUT2D eigenvalue weighted by molar-refractivity contribution is 5.99. The molecule has 1 heterocycles. The summed E-state index contributed by atoms with van der Waals surface area (Å²) < 4.78 is 0. The molecule has 0 radical (unpaired) electrons. The number of nitrogens with zero attached hydrogens (tertiary/aromatic N) is 2. The van der Waals surface area contributed by atoms with Crippen molar-refractivity contribution in [2.24, 2.45) is 11.8 Å². The summed E-state index contributed by atoms with van der Waals surface area (Å²) >= 11 is 0. The molecule has 1 N–H and O–H groups in total. The molecule has 1 aliphatic carbocycles. The number of nitrogens with one attached hydrogen (secondary N) is 1. The van der Waals surface area contributed by atoms with Crippen LogP contribution in [0.15, 0.2) is 6.20 Å². The second kappa shape index (κ2) is 5.45. The Labute approximate surface area is 95.7 Å². The number of H-pyrrole nitrogens is 1. The topological polar surface area (TPSA) is 69.5 Å². The fourth-order valence-electron chi connectivity index (χ4n) is 1.91. The summed E-state index contributed by atoms with van der Waals surface area (Å²) in [5, 5.41) is 15.4. The predicted molar refractivity (Wildman–Crippen MR) is 60.9 cm³/mol. The molecule has 0 aliphatic heterocycles. The normalized spacial score (nSPS) is 20.1. The average Bonchev–Trinajstić information content (AvgIpc) is 2.80. The highest BCUT2D eigenvalue weighted by Crippen LogP contribution is 2.28. The lowest BCUT2D eigenvalue weighted by Gasteiger charge is -2.21. The van der Waals surface area contributed by atoms with E-state index in [0.29, 0.717) is 5.56 Å². The molecule has 0 fully saturated rings. The van der Waals surface area contributed by atoms with Crippen LogP contribution in [0, 0.1) is 23.2 Å². The van der Waals surface area contributed by atoms with Gasteiger partial charge in [-0.25, -0.2) is 0 Å². The summed E-state index contributed by atoms with van der Waals surface area (Å²) in [4.78, 5) is 11.9. The minimum Gasteiger partial charge on any atom is -0.294 e. The summed E-state index contributed by atoms with van der Waals surface area (Å²) in [6, 6.07) is 2.14. The van der Waals surface area contributed by atoms with Crippen LogP contribution < -0.4 is 0 Å². The molecule has 1 aromatic heterocycles. The Kier molecular flexibility index (Phi) is 4.24. The van der Waals surface area contributed by atoms with Gasteiger partial charge in [0.15, 0.2) is 5.78 Å². The van der Waals surface area contributed by atoms with Crippen molar-refractivity contribution < 1.29 is 4.79 Å². The van der Waals surface area contributed by atoms with E-state index in [1.54, 1.807) is 13.1 Å². The van der Waals surface area contributed by atoms with Gasteiger partial charge in [0, 0.05) is 11.6 Å². The van der Waals surface area contributed by atoms with Gasteiger partial charge in [0.2, 0.25) is 0 Å². The molecular weight excluding hydrogens is 202 g/mol. The zero-order valence-corrected chi connectivity index (χ0v) is 9.95. The number of hydrogen-bond acceptors (Lipinski definition) is 3. The van der Waals surface area contributed by atoms with Gasteiger partial charge < -0.3 is 0 Å². The number of aromatic nitrogens is 2. The first kappa shape index (κ1) is 12.4. The van der Waals surface area contributed by atoms with Crippen LogP contribution in [0.2, 0.25) is 0 Å². The molecule has 86 valence electrons. The third-order valence-electron chi connectivity index (χ3n) is 2.83. The van der Waals surface area contributed by atoms with Crippen molar-refractivity contribution in [1.29, 1.82) is 5.26 Å². The molecule has 16 heavy (non-hydrogen) atoms. The van der Waals surface area contributed by atoms with Crippen molar-refractivity contribution in [3.05, 3.63) is 17.5 Å². The standard InChI is InChI=1S/C10H11N3O.C2H6/c1-6(4-11)7-2-3-9-8(10(7)14)5-12-13-9;1-2/h5-7H,2-3H2,1H3,(H,12,13);1-2H3. The van der Waals surface area contributed by atoms with E-state index in [-0.39, 0.29) is 17.6 Å². The molecule has 2 atom stereocenters. The Morgan fingerprint density at radius 1 is 1.62 bits per heavy atom. The maximum atomic E-state index is 11.9. The van der Waals surface area contributed by atoms with Crippen molar-refractivity contribution >= 4 is 5.78 Å². The number of fused-ring (bicyclic) bond motifs is 1. The molecule has 2 rings (SSSR count). The molecule has 0 saturated carbocycles.